The highest BCUT2D eigenvalue weighted by Crippen LogP contribution is 2.26. The van der Waals surface area contributed by atoms with Crippen molar-refractivity contribution in [3.63, 3.8) is 0 Å². The summed E-state index contributed by atoms with van der Waals surface area (Å²) in [5, 5.41) is 11.7. The van der Waals surface area contributed by atoms with Crippen molar-refractivity contribution in [2.75, 3.05) is 6.61 Å². The van der Waals surface area contributed by atoms with Crippen molar-refractivity contribution >= 4 is 11.9 Å². The molecule has 2 N–H and O–H groups in total. The minimum atomic E-state index is -0.914. The number of para-hydroxylation sites is 1. The molecule has 0 aromatic heterocycles. The molecule has 1 aliphatic rings. The van der Waals surface area contributed by atoms with Gasteiger partial charge >= 0.3 is 5.97 Å². The van der Waals surface area contributed by atoms with Crippen molar-refractivity contribution < 1.29 is 19.4 Å². The molecule has 20 heavy (non-hydrogen) atoms. The maximum absolute atomic E-state index is 12.2. The number of carboxylic acid groups (broad SMARTS) is 1. The quantitative estimate of drug-likeness (QED) is 0.873. The summed E-state index contributed by atoms with van der Waals surface area (Å²) in [5.74, 6) is -1.13. The van der Waals surface area contributed by atoms with Crippen LogP contribution in [-0.2, 0) is 16.0 Å². The van der Waals surface area contributed by atoms with E-state index in [1.807, 2.05) is 24.3 Å². The summed E-state index contributed by atoms with van der Waals surface area (Å²) in [6.07, 6.45) is 0.621. The van der Waals surface area contributed by atoms with E-state index in [1.165, 1.54) is 0 Å². The van der Waals surface area contributed by atoms with Crippen LogP contribution in [0.15, 0.2) is 24.3 Å². The smallest absolute Gasteiger partial charge is 0.308 e. The van der Waals surface area contributed by atoms with E-state index in [2.05, 4.69) is 5.32 Å². The Hall–Kier alpha value is -2.04. The fraction of sp³-hybridized carbons (Fsp3) is 0.467. The number of carbonyl (C=O) groups is 2. The van der Waals surface area contributed by atoms with Crippen LogP contribution in [0.4, 0.5) is 0 Å². The molecule has 0 aliphatic carbocycles. The van der Waals surface area contributed by atoms with Gasteiger partial charge in [-0.3, -0.25) is 9.59 Å². The molecule has 0 saturated carbocycles. The fourth-order valence-corrected chi connectivity index (χ4v) is 2.18. The molecule has 1 aliphatic heterocycles. The van der Waals surface area contributed by atoms with E-state index in [1.54, 1.807) is 13.8 Å². The second-order valence-electron chi connectivity index (χ2n) is 5.24. The Bertz CT molecular complexity index is 514. The number of rotatable bonds is 4. The standard InChI is InChI=1S/C15H19NO4/c1-9(15(18)19)10(2)16-14(17)12-7-11-5-3-4-6-13(11)20-8-12/h3-6,9-10,12H,7-8H2,1-2H3,(H,16,17)(H,18,19). The Kier molecular flexibility index (Phi) is 4.27. The van der Waals surface area contributed by atoms with Gasteiger partial charge in [0.1, 0.15) is 12.4 Å². The lowest BCUT2D eigenvalue weighted by atomic mass is 9.95. The molecule has 108 valence electrons. The van der Waals surface area contributed by atoms with Gasteiger partial charge in [-0.25, -0.2) is 0 Å². The van der Waals surface area contributed by atoms with Gasteiger partial charge in [0, 0.05) is 6.04 Å². The fourth-order valence-electron chi connectivity index (χ4n) is 2.18. The minimum absolute atomic E-state index is 0.153. The average Bonchev–Trinajstić information content (AvgIpc) is 2.45. The molecule has 0 radical (unpaired) electrons. The first kappa shape index (κ1) is 14.4. The number of hydrogen-bond donors (Lipinski definition) is 2. The van der Waals surface area contributed by atoms with Crippen LogP contribution in [0.5, 0.6) is 5.75 Å². The number of ether oxygens (including phenoxy) is 1. The van der Waals surface area contributed by atoms with Crippen LogP contribution in [0, 0.1) is 11.8 Å². The molecule has 0 saturated heterocycles. The maximum atomic E-state index is 12.2. The molecule has 2 rings (SSSR count). The van der Waals surface area contributed by atoms with E-state index in [4.69, 9.17) is 9.84 Å². The van der Waals surface area contributed by atoms with Crippen LogP contribution in [0.1, 0.15) is 19.4 Å². The normalized spacial score (nSPS) is 20.2. The van der Waals surface area contributed by atoms with Crippen molar-refractivity contribution in [2.45, 2.75) is 26.3 Å². The number of fused-ring (bicyclic) bond motifs is 1. The second-order valence-corrected chi connectivity index (χ2v) is 5.24. The molecule has 5 heteroatoms. The van der Waals surface area contributed by atoms with Crippen LogP contribution in [-0.4, -0.2) is 29.6 Å². The number of amides is 1. The highest BCUT2D eigenvalue weighted by molar-refractivity contribution is 5.81. The Morgan fingerprint density at radius 3 is 2.75 bits per heavy atom. The Morgan fingerprint density at radius 1 is 1.35 bits per heavy atom. The van der Waals surface area contributed by atoms with Crippen LogP contribution >= 0.6 is 0 Å². The monoisotopic (exact) mass is 277 g/mol. The van der Waals surface area contributed by atoms with E-state index < -0.39 is 17.9 Å². The summed E-state index contributed by atoms with van der Waals surface area (Å²) >= 11 is 0. The molecule has 1 heterocycles. The summed E-state index contributed by atoms with van der Waals surface area (Å²) in [6.45, 7) is 3.62. The van der Waals surface area contributed by atoms with E-state index in [0.717, 1.165) is 11.3 Å². The topological polar surface area (TPSA) is 75.6 Å². The Morgan fingerprint density at radius 2 is 2.05 bits per heavy atom. The number of carbonyl (C=O) groups excluding carboxylic acids is 1. The third kappa shape index (κ3) is 3.10. The third-order valence-corrected chi connectivity index (χ3v) is 3.76. The van der Waals surface area contributed by atoms with Crippen LogP contribution in [0.3, 0.4) is 0 Å². The number of aliphatic carboxylic acids is 1. The van der Waals surface area contributed by atoms with Crippen molar-refractivity contribution in [1.29, 1.82) is 0 Å². The van der Waals surface area contributed by atoms with Crippen molar-refractivity contribution in [2.24, 2.45) is 11.8 Å². The predicted molar refractivity (Wildman–Crippen MR) is 73.5 cm³/mol. The van der Waals surface area contributed by atoms with Crippen LogP contribution in [0.25, 0.3) is 0 Å². The Balaban J connectivity index is 1.96. The first-order chi connectivity index (χ1) is 9.49. The zero-order valence-corrected chi connectivity index (χ0v) is 11.6. The van der Waals surface area contributed by atoms with E-state index in [0.29, 0.717) is 13.0 Å². The zero-order valence-electron chi connectivity index (χ0n) is 11.6. The number of nitrogens with one attached hydrogen (secondary N) is 1. The maximum Gasteiger partial charge on any atom is 0.308 e. The molecular weight excluding hydrogens is 258 g/mol. The lowest BCUT2D eigenvalue weighted by Gasteiger charge is -2.26. The lowest BCUT2D eigenvalue weighted by Crippen LogP contribution is -2.45. The summed E-state index contributed by atoms with van der Waals surface area (Å²) < 4.78 is 5.57. The molecule has 1 amide bonds. The number of hydrogen-bond acceptors (Lipinski definition) is 3. The summed E-state index contributed by atoms with van der Waals surface area (Å²) in [7, 11) is 0. The first-order valence-electron chi connectivity index (χ1n) is 6.73. The van der Waals surface area contributed by atoms with E-state index in [-0.39, 0.29) is 11.8 Å². The molecule has 3 unspecified atom stereocenters. The predicted octanol–water partition coefficient (Wildman–Crippen LogP) is 1.46. The Labute approximate surface area is 117 Å². The van der Waals surface area contributed by atoms with Gasteiger partial charge in [0.15, 0.2) is 0 Å². The van der Waals surface area contributed by atoms with E-state index >= 15 is 0 Å². The van der Waals surface area contributed by atoms with Gasteiger partial charge in [0.2, 0.25) is 5.91 Å². The molecule has 3 atom stereocenters. The van der Waals surface area contributed by atoms with Gasteiger partial charge in [-0.2, -0.15) is 0 Å². The SMILES string of the molecule is CC(NC(=O)C1COc2ccccc2C1)C(C)C(=O)O. The largest absolute Gasteiger partial charge is 0.492 e. The van der Waals surface area contributed by atoms with Gasteiger partial charge in [0.05, 0.1) is 11.8 Å². The van der Waals surface area contributed by atoms with Gasteiger partial charge in [-0.1, -0.05) is 18.2 Å². The molecule has 5 nitrogen and oxygen atoms in total. The van der Waals surface area contributed by atoms with Crippen molar-refractivity contribution in [3.05, 3.63) is 29.8 Å². The lowest BCUT2D eigenvalue weighted by molar-refractivity contribution is -0.142. The molecule has 0 bridgehead atoms. The zero-order chi connectivity index (χ0) is 14.7. The van der Waals surface area contributed by atoms with Crippen molar-refractivity contribution in [3.8, 4) is 5.75 Å². The summed E-state index contributed by atoms with van der Waals surface area (Å²) in [5.41, 5.74) is 1.01. The number of carboxylic acids is 1. The molecule has 1 aromatic carbocycles. The average molecular weight is 277 g/mol. The summed E-state index contributed by atoms with van der Waals surface area (Å²) in [4.78, 5) is 23.0. The van der Waals surface area contributed by atoms with Gasteiger partial charge < -0.3 is 15.2 Å². The molecule has 0 spiro atoms. The highest BCUT2D eigenvalue weighted by atomic mass is 16.5. The van der Waals surface area contributed by atoms with Gasteiger partial charge in [0.25, 0.3) is 0 Å². The van der Waals surface area contributed by atoms with Crippen LogP contribution < -0.4 is 10.1 Å². The molecular formula is C15H19NO4. The molecule has 0 fully saturated rings. The van der Waals surface area contributed by atoms with Gasteiger partial charge in [-0.05, 0) is 31.9 Å². The minimum Gasteiger partial charge on any atom is -0.492 e. The molecule has 1 aromatic rings. The van der Waals surface area contributed by atoms with Crippen LogP contribution in [0.2, 0.25) is 0 Å². The van der Waals surface area contributed by atoms with E-state index in [9.17, 15) is 9.59 Å². The first-order valence-corrected chi connectivity index (χ1v) is 6.73. The second kappa shape index (κ2) is 5.94. The number of benzene rings is 1. The third-order valence-electron chi connectivity index (χ3n) is 3.76. The van der Waals surface area contributed by atoms with Crippen molar-refractivity contribution in [1.82, 2.24) is 5.32 Å². The summed E-state index contributed by atoms with van der Waals surface area (Å²) in [6, 6.07) is 7.24. The van der Waals surface area contributed by atoms with Gasteiger partial charge in [-0.15, -0.1) is 0 Å². The highest BCUT2D eigenvalue weighted by Gasteiger charge is 2.28.